The van der Waals surface area contributed by atoms with E-state index < -0.39 is 0 Å². The lowest BCUT2D eigenvalue weighted by Gasteiger charge is -2.09. The smallest absolute Gasteiger partial charge is 0.124 e. The normalized spacial score (nSPS) is 9.77. The van der Waals surface area contributed by atoms with Crippen molar-refractivity contribution < 1.29 is 9.53 Å². The molecular weight excluding hydrogens is 164 g/mol. The molecule has 1 rings (SSSR count). The molecule has 0 heterocycles. The van der Waals surface area contributed by atoms with Gasteiger partial charge in [-0.25, -0.2) is 0 Å². The van der Waals surface area contributed by atoms with Crippen molar-refractivity contribution in [3.05, 3.63) is 28.8 Å². The Labute approximate surface area is 78.5 Å². The lowest BCUT2D eigenvalue weighted by Crippen LogP contribution is -1.95. The van der Waals surface area contributed by atoms with Crippen LogP contribution < -0.4 is 4.74 Å². The van der Waals surface area contributed by atoms with Crippen LogP contribution in [0.2, 0.25) is 0 Å². The van der Waals surface area contributed by atoms with Crippen molar-refractivity contribution >= 4 is 6.29 Å². The number of carbonyl (C=O) groups excluding carboxylic acids is 1. The number of benzene rings is 1. The molecule has 0 saturated carbocycles. The summed E-state index contributed by atoms with van der Waals surface area (Å²) in [5.74, 6) is 0.801. The van der Waals surface area contributed by atoms with E-state index in [4.69, 9.17) is 4.74 Å². The molecule has 0 aliphatic carbocycles. The van der Waals surface area contributed by atoms with E-state index in [2.05, 4.69) is 0 Å². The molecule has 0 aliphatic heterocycles. The van der Waals surface area contributed by atoms with Gasteiger partial charge in [0.25, 0.3) is 0 Å². The van der Waals surface area contributed by atoms with Crippen LogP contribution in [-0.2, 0) is 11.2 Å². The molecule has 0 bridgehead atoms. The van der Waals surface area contributed by atoms with Crippen LogP contribution in [0.5, 0.6) is 5.75 Å². The Morgan fingerprint density at radius 1 is 1.31 bits per heavy atom. The second kappa shape index (κ2) is 4.08. The molecule has 0 unspecified atom stereocenters. The van der Waals surface area contributed by atoms with Gasteiger partial charge in [-0.2, -0.15) is 0 Å². The van der Waals surface area contributed by atoms with Crippen LogP contribution in [0.1, 0.15) is 16.7 Å². The molecule has 0 amide bonds. The third-order valence-electron chi connectivity index (χ3n) is 2.20. The zero-order chi connectivity index (χ0) is 9.84. The Morgan fingerprint density at radius 2 is 1.92 bits per heavy atom. The summed E-state index contributed by atoms with van der Waals surface area (Å²) in [6.45, 7) is 4.06. The van der Waals surface area contributed by atoms with Crippen LogP contribution in [0.4, 0.5) is 0 Å². The van der Waals surface area contributed by atoms with Crippen molar-refractivity contribution in [1.29, 1.82) is 0 Å². The molecule has 0 saturated heterocycles. The molecule has 0 N–H and O–H groups in total. The maximum Gasteiger partial charge on any atom is 0.124 e. The SMILES string of the molecule is COc1cc(C)c(C)cc1CC=O. The summed E-state index contributed by atoms with van der Waals surface area (Å²) in [6.07, 6.45) is 1.32. The fraction of sp³-hybridized carbons (Fsp3) is 0.364. The predicted octanol–water partition coefficient (Wildman–Crippen LogP) is 2.05. The van der Waals surface area contributed by atoms with Crippen molar-refractivity contribution in [1.82, 2.24) is 0 Å². The maximum absolute atomic E-state index is 10.4. The number of methoxy groups -OCH3 is 1. The Balaban J connectivity index is 3.15. The largest absolute Gasteiger partial charge is 0.496 e. The second-order valence-corrected chi connectivity index (χ2v) is 3.12. The molecule has 0 aliphatic rings. The van der Waals surface area contributed by atoms with Gasteiger partial charge < -0.3 is 9.53 Å². The maximum atomic E-state index is 10.4. The fourth-order valence-corrected chi connectivity index (χ4v) is 1.29. The van der Waals surface area contributed by atoms with Gasteiger partial charge in [0.05, 0.1) is 7.11 Å². The van der Waals surface area contributed by atoms with Gasteiger partial charge in [0.1, 0.15) is 12.0 Å². The first kappa shape index (κ1) is 9.78. The van der Waals surface area contributed by atoms with Gasteiger partial charge in [0.15, 0.2) is 0 Å². The quantitative estimate of drug-likeness (QED) is 0.662. The van der Waals surface area contributed by atoms with E-state index in [0.29, 0.717) is 6.42 Å². The number of hydrogen-bond donors (Lipinski definition) is 0. The monoisotopic (exact) mass is 178 g/mol. The lowest BCUT2D eigenvalue weighted by atomic mass is 10.0. The van der Waals surface area contributed by atoms with Crippen LogP contribution in [0.25, 0.3) is 0 Å². The lowest BCUT2D eigenvalue weighted by molar-refractivity contribution is -0.107. The van der Waals surface area contributed by atoms with Gasteiger partial charge in [-0.15, -0.1) is 0 Å². The Kier molecular flexibility index (Phi) is 3.07. The van der Waals surface area contributed by atoms with E-state index in [9.17, 15) is 4.79 Å². The average Bonchev–Trinajstić information content (AvgIpc) is 2.11. The molecule has 2 nitrogen and oxygen atoms in total. The summed E-state index contributed by atoms with van der Waals surface area (Å²) in [5.41, 5.74) is 3.34. The van der Waals surface area contributed by atoms with E-state index >= 15 is 0 Å². The van der Waals surface area contributed by atoms with E-state index in [1.165, 1.54) is 11.1 Å². The minimum atomic E-state index is 0.421. The topological polar surface area (TPSA) is 26.3 Å². The molecule has 2 heteroatoms. The number of aryl methyl sites for hydroxylation is 2. The summed E-state index contributed by atoms with van der Waals surface area (Å²) in [5, 5.41) is 0. The molecule has 1 aromatic rings. The molecular formula is C11H14O2. The number of ether oxygens (including phenoxy) is 1. The van der Waals surface area contributed by atoms with E-state index in [0.717, 1.165) is 17.6 Å². The van der Waals surface area contributed by atoms with Crippen molar-refractivity contribution in [2.75, 3.05) is 7.11 Å². The summed E-state index contributed by atoms with van der Waals surface area (Å²) in [6, 6.07) is 3.97. The summed E-state index contributed by atoms with van der Waals surface area (Å²) in [4.78, 5) is 10.4. The zero-order valence-electron chi connectivity index (χ0n) is 8.26. The molecule has 13 heavy (non-hydrogen) atoms. The second-order valence-electron chi connectivity index (χ2n) is 3.12. The third-order valence-corrected chi connectivity index (χ3v) is 2.20. The summed E-state index contributed by atoms with van der Waals surface area (Å²) >= 11 is 0. The van der Waals surface area contributed by atoms with E-state index in [1.807, 2.05) is 26.0 Å². The van der Waals surface area contributed by atoms with Crippen LogP contribution in [0.15, 0.2) is 12.1 Å². The van der Waals surface area contributed by atoms with Crippen LogP contribution in [-0.4, -0.2) is 13.4 Å². The minimum absolute atomic E-state index is 0.421. The fourth-order valence-electron chi connectivity index (χ4n) is 1.29. The van der Waals surface area contributed by atoms with Gasteiger partial charge in [0.2, 0.25) is 0 Å². The standard InChI is InChI=1S/C11H14O2/c1-8-6-10(4-5-12)11(13-3)7-9(8)2/h5-7H,4H2,1-3H3. The highest BCUT2D eigenvalue weighted by Gasteiger charge is 2.04. The van der Waals surface area contributed by atoms with E-state index in [1.54, 1.807) is 7.11 Å². The number of rotatable bonds is 3. The Bertz CT molecular complexity index is 316. The average molecular weight is 178 g/mol. The summed E-state index contributed by atoms with van der Waals surface area (Å²) < 4.78 is 5.17. The van der Waals surface area contributed by atoms with E-state index in [-0.39, 0.29) is 0 Å². The number of hydrogen-bond acceptors (Lipinski definition) is 2. The highest BCUT2D eigenvalue weighted by molar-refractivity contribution is 5.58. The van der Waals surface area contributed by atoms with Crippen molar-refractivity contribution in [2.24, 2.45) is 0 Å². The summed E-state index contributed by atoms with van der Waals surface area (Å²) in [7, 11) is 1.62. The third kappa shape index (κ3) is 2.08. The molecule has 70 valence electrons. The molecule has 0 atom stereocenters. The molecule has 0 aromatic heterocycles. The molecule has 0 radical (unpaired) electrons. The highest BCUT2D eigenvalue weighted by Crippen LogP contribution is 2.22. The Hall–Kier alpha value is -1.31. The first-order valence-corrected chi connectivity index (χ1v) is 4.26. The van der Waals surface area contributed by atoms with Crippen LogP contribution >= 0.6 is 0 Å². The first-order chi connectivity index (χ1) is 6.19. The van der Waals surface area contributed by atoms with Crippen LogP contribution in [0, 0.1) is 13.8 Å². The Morgan fingerprint density at radius 3 is 2.46 bits per heavy atom. The minimum Gasteiger partial charge on any atom is -0.496 e. The van der Waals surface area contributed by atoms with Gasteiger partial charge in [-0.05, 0) is 31.0 Å². The predicted molar refractivity (Wildman–Crippen MR) is 52.2 cm³/mol. The van der Waals surface area contributed by atoms with Gasteiger partial charge in [-0.3, -0.25) is 0 Å². The van der Waals surface area contributed by atoms with Crippen LogP contribution in [0.3, 0.4) is 0 Å². The van der Waals surface area contributed by atoms with Gasteiger partial charge >= 0.3 is 0 Å². The van der Waals surface area contributed by atoms with Gasteiger partial charge in [-0.1, -0.05) is 6.07 Å². The number of carbonyl (C=O) groups is 1. The zero-order valence-corrected chi connectivity index (χ0v) is 8.26. The van der Waals surface area contributed by atoms with Crippen molar-refractivity contribution in [3.8, 4) is 5.75 Å². The van der Waals surface area contributed by atoms with Crippen molar-refractivity contribution in [2.45, 2.75) is 20.3 Å². The van der Waals surface area contributed by atoms with Gasteiger partial charge in [0, 0.05) is 12.0 Å². The highest BCUT2D eigenvalue weighted by atomic mass is 16.5. The molecule has 1 aromatic carbocycles. The molecule has 0 spiro atoms. The van der Waals surface area contributed by atoms with Crippen molar-refractivity contribution in [3.63, 3.8) is 0 Å². The number of aldehydes is 1. The first-order valence-electron chi connectivity index (χ1n) is 4.26. The molecule has 0 fully saturated rings.